The molecule has 1 aromatic carbocycles. The van der Waals surface area contributed by atoms with Crippen molar-refractivity contribution in [2.24, 2.45) is 0 Å². The van der Waals surface area contributed by atoms with Crippen LogP contribution >= 0.6 is 24.8 Å². The van der Waals surface area contributed by atoms with Crippen molar-refractivity contribution in [1.29, 1.82) is 0 Å². The van der Waals surface area contributed by atoms with Gasteiger partial charge in [0.25, 0.3) is 0 Å². The molecule has 1 atom stereocenters. The van der Waals surface area contributed by atoms with Crippen LogP contribution in [0.25, 0.3) is 0 Å². The molecule has 1 heterocycles. The predicted octanol–water partition coefficient (Wildman–Crippen LogP) is 2.75. The van der Waals surface area contributed by atoms with E-state index in [1.54, 1.807) is 0 Å². The van der Waals surface area contributed by atoms with Gasteiger partial charge in [-0.1, -0.05) is 6.07 Å². The third-order valence-corrected chi connectivity index (χ3v) is 3.35. The zero-order valence-corrected chi connectivity index (χ0v) is 13.5. The van der Waals surface area contributed by atoms with E-state index in [2.05, 4.69) is 5.32 Å². The van der Waals surface area contributed by atoms with Crippen LogP contribution in [0.5, 0.6) is 11.5 Å². The molecule has 22 heavy (non-hydrogen) atoms. The van der Waals surface area contributed by atoms with Crippen molar-refractivity contribution in [2.45, 2.75) is 12.2 Å². The summed E-state index contributed by atoms with van der Waals surface area (Å²) < 4.78 is 44.8. The van der Waals surface area contributed by atoms with E-state index in [0.717, 1.165) is 6.07 Å². The lowest BCUT2D eigenvalue weighted by Crippen LogP contribution is -2.49. The third kappa shape index (κ3) is 4.81. The molecule has 4 nitrogen and oxygen atoms in total. The van der Waals surface area contributed by atoms with Gasteiger partial charge in [0.15, 0.2) is 11.5 Å². The molecule has 128 valence electrons. The van der Waals surface area contributed by atoms with E-state index in [1.165, 1.54) is 24.1 Å². The van der Waals surface area contributed by atoms with Crippen LogP contribution in [0.1, 0.15) is 11.6 Å². The second-order valence-corrected chi connectivity index (χ2v) is 4.66. The molecule has 1 aliphatic rings. The Kier molecular flexibility index (Phi) is 8.32. The molecule has 1 aliphatic heterocycles. The number of nitrogens with zero attached hydrogens (tertiary/aromatic N) is 1. The number of alkyl halides is 3. The van der Waals surface area contributed by atoms with Crippen molar-refractivity contribution < 1.29 is 23.0 Å². The maximum absolute atomic E-state index is 13.3. The zero-order valence-electron chi connectivity index (χ0n) is 11.9. The zero-order chi connectivity index (χ0) is 14.8. The Hall–Kier alpha value is -0.890. The molecule has 0 aromatic heterocycles. The Morgan fingerprint density at radius 3 is 2.27 bits per heavy atom. The topological polar surface area (TPSA) is 44.7 Å². The molecule has 0 amide bonds. The summed E-state index contributed by atoms with van der Waals surface area (Å²) in [5.41, 5.74) is 0.0256. The van der Waals surface area contributed by atoms with Crippen LogP contribution in [0.2, 0.25) is 0 Å². The van der Waals surface area contributed by atoms with Crippen LogP contribution in [0.15, 0.2) is 18.2 Å². The van der Waals surface area contributed by atoms with Gasteiger partial charge in [-0.2, -0.15) is 13.2 Å². The highest BCUT2D eigenvalue weighted by atomic mass is 35.5. The smallest absolute Gasteiger partial charge is 0.408 e. The molecule has 2 N–H and O–H groups in total. The van der Waals surface area contributed by atoms with E-state index in [9.17, 15) is 18.3 Å². The van der Waals surface area contributed by atoms with Crippen molar-refractivity contribution in [3.05, 3.63) is 23.8 Å². The first kappa shape index (κ1) is 21.1. The predicted molar refractivity (Wildman–Crippen MR) is 82.4 cm³/mol. The number of piperazine rings is 1. The maximum atomic E-state index is 13.3. The summed E-state index contributed by atoms with van der Waals surface area (Å²) in [4.78, 5) is 1.37. The molecule has 1 saturated heterocycles. The van der Waals surface area contributed by atoms with E-state index in [-0.39, 0.29) is 41.9 Å². The van der Waals surface area contributed by atoms with Gasteiger partial charge in [0.1, 0.15) is 6.04 Å². The minimum absolute atomic E-state index is 0. The minimum atomic E-state index is -4.39. The molecule has 0 unspecified atom stereocenters. The number of methoxy groups -OCH3 is 1. The van der Waals surface area contributed by atoms with Gasteiger partial charge < -0.3 is 15.2 Å². The molecule has 1 aromatic rings. The van der Waals surface area contributed by atoms with Gasteiger partial charge in [0.2, 0.25) is 0 Å². The van der Waals surface area contributed by atoms with Crippen molar-refractivity contribution in [2.75, 3.05) is 33.3 Å². The van der Waals surface area contributed by atoms with Crippen LogP contribution in [-0.2, 0) is 0 Å². The molecule has 2 rings (SSSR count). The second kappa shape index (κ2) is 8.67. The lowest BCUT2D eigenvalue weighted by atomic mass is 10.0. The van der Waals surface area contributed by atoms with Gasteiger partial charge in [0.05, 0.1) is 7.11 Å². The Morgan fingerprint density at radius 1 is 1.23 bits per heavy atom. The molecule has 0 aliphatic carbocycles. The van der Waals surface area contributed by atoms with Crippen molar-refractivity contribution in [1.82, 2.24) is 10.2 Å². The SMILES string of the molecule is COc1ccc([C@@H](N2CCNCC2)C(F)(F)F)cc1O.Cl.Cl. The van der Waals surface area contributed by atoms with Gasteiger partial charge >= 0.3 is 6.18 Å². The number of aromatic hydroxyl groups is 1. The number of rotatable bonds is 3. The Balaban J connectivity index is 0.00000220. The van der Waals surface area contributed by atoms with Crippen molar-refractivity contribution in [3.8, 4) is 11.5 Å². The van der Waals surface area contributed by atoms with E-state index < -0.39 is 12.2 Å². The molecular formula is C13H19Cl2F3N2O2. The average molecular weight is 363 g/mol. The van der Waals surface area contributed by atoms with Crippen LogP contribution in [0, 0.1) is 0 Å². The summed E-state index contributed by atoms with van der Waals surface area (Å²) in [6.07, 6.45) is -4.39. The number of benzene rings is 1. The lowest BCUT2D eigenvalue weighted by Gasteiger charge is -2.36. The monoisotopic (exact) mass is 362 g/mol. The fourth-order valence-corrected chi connectivity index (χ4v) is 2.42. The summed E-state index contributed by atoms with van der Waals surface area (Å²) >= 11 is 0. The molecule has 0 saturated carbocycles. The quantitative estimate of drug-likeness (QED) is 0.867. The summed E-state index contributed by atoms with van der Waals surface area (Å²) in [5, 5.41) is 12.7. The standard InChI is InChI=1S/C13H17F3N2O2.2ClH/c1-20-11-3-2-9(8-10(11)19)12(13(14,15)16)18-6-4-17-5-7-18;;/h2-3,8,12,17,19H,4-7H2,1H3;2*1H/t12-;;/m1../s1. The number of halogens is 5. The minimum Gasteiger partial charge on any atom is -0.504 e. The maximum Gasteiger partial charge on any atom is 0.408 e. The lowest BCUT2D eigenvalue weighted by molar-refractivity contribution is -0.187. The van der Waals surface area contributed by atoms with Gasteiger partial charge in [-0.3, -0.25) is 4.90 Å². The highest BCUT2D eigenvalue weighted by Crippen LogP contribution is 2.40. The van der Waals surface area contributed by atoms with Crippen LogP contribution in [0.4, 0.5) is 13.2 Å². The second-order valence-electron chi connectivity index (χ2n) is 4.66. The van der Waals surface area contributed by atoms with Gasteiger partial charge in [-0.05, 0) is 17.7 Å². The third-order valence-electron chi connectivity index (χ3n) is 3.35. The van der Waals surface area contributed by atoms with Gasteiger partial charge in [-0.25, -0.2) is 0 Å². The van der Waals surface area contributed by atoms with Crippen molar-refractivity contribution in [3.63, 3.8) is 0 Å². The number of phenolic OH excluding ortho intramolecular Hbond substituents is 1. The van der Waals surface area contributed by atoms with Crippen molar-refractivity contribution >= 4 is 24.8 Å². The summed E-state index contributed by atoms with van der Waals surface area (Å²) in [5.74, 6) is -0.121. The summed E-state index contributed by atoms with van der Waals surface area (Å²) in [6, 6.07) is 2.12. The molecule has 9 heteroatoms. The first-order valence-electron chi connectivity index (χ1n) is 6.32. The fourth-order valence-electron chi connectivity index (χ4n) is 2.42. The highest BCUT2D eigenvalue weighted by Gasteiger charge is 2.45. The van der Waals surface area contributed by atoms with Gasteiger partial charge in [-0.15, -0.1) is 24.8 Å². The number of nitrogens with one attached hydrogen (secondary N) is 1. The number of hydrogen-bond acceptors (Lipinski definition) is 4. The Morgan fingerprint density at radius 2 is 1.82 bits per heavy atom. The Bertz CT molecular complexity index is 469. The van der Waals surface area contributed by atoms with E-state index in [0.29, 0.717) is 26.2 Å². The summed E-state index contributed by atoms with van der Waals surface area (Å²) in [6.45, 7) is 1.68. The van der Waals surface area contributed by atoms with Gasteiger partial charge in [0, 0.05) is 26.2 Å². The first-order valence-corrected chi connectivity index (χ1v) is 6.32. The molecular weight excluding hydrogens is 344 g/mol. The largest absolute Gasteiger partial charge is 0.504 e. The van der Waals surface area contributed by atoms with E-state index in [4.69, 9.17) is 4.74 Å². The molecule has 1 fully saturated rings. The highest BCUT2D eigenvalue weighted by molar-refractivity contribution is 5.85. The summed E-state index contributed by atoms with van der Waals surface area (Å²) in [7, 11) is 1.35. The van der Waals surface area contributed by atoms with Crippen LogP contribution in [-0.4, -0.2) is 49.5 Å². The number of hydrogen-bond donors (Lipinski definition) is 2. The molecule has 0 bridgehead atoms. The average Bonchev–Trinajstić information content (AvgIpc) is 2.39. The fraction of sp³-hybridized carbons (Fsp3) is 0.538. The van der Waals surface area contributed by atoms with E-state index >= 15 is 0 Å². The first-order chi connectivity index (χ1) is 9.43. The Labute approximate surface area is 139 Å². The molecule has 0 spiro atoms. The molecule has 0 radical (unpaired) electrons. The number of ether oxygens (including phenoxy) is 1. The van der Waals surface area contributed by atoms with E-state index in [1.807, 2.05) is 0 Å². The van der Waals surface area contributed by atoms with Crippen LogP contribution < -0.4 is 10.1 Å². The number of phenols is 1. The normalized spacial score (nSPS) is 17.1. The van der Waals surface area contributed by atoms with Crippen LogP contribution in [0.3, 0.4) is 0 Å².